The Bertz CT molecular complexity index is 539. The van der Waals surface area contributed by atoms with Gasteiger partial charge in [0.2, 0.25) is 5.91 Å². The Morgan fingerprint density at radius 3 is 2.79 bits per heavy atom. The fourth-order valence-corrected chi connectivity index (χ4v) is 1.97. The van der Waals surface area contributed by atoms with Gasteiger partial charge in [0.15, 0.2) is 0 Å². The van der Waals surface area contributed by atoms with E-state index in [4.69, 9.17) is 11.6 Å². The first-order chi connectivity index (χ1) is 9.16. The van der Waals surface area contributed by atoms with Crippen molar-refractivity contribution in [1.82, 2.24) is 15.1 Å². The molecular weight excluding hydrogens is 262 g/mol. The van der Waals surface area contributed by atoms with Crippen LogP contribution >= 0.6 is 11.6 Å². The van der Waals surface area contributed by atoms with Crippen molar-refractivity contribution in [2.75, 3.05) is 6.54 Å². The summed E-state index contributed by atoms with van der Waals surface area (Å²) in [5.41, 5.74) is 1.91. The molecule has 5 heteroatoms. The third-order valence-electron chi connectivity index (χ3n) is 2.72. The SMILES string of the molecule is Cc1cnn(CCNC(=O)C(Cl)c2ccccc2)c1. The monoisotopic (exact) mass is 277 g/mol. The number of carbonyl (C=O) groups excluding carboxylic acids is 1. The second-order valence-electron chi connectivity index (χ2n) is 4.35. The van der Waals surface area contributed by atoms with Gasteiger partial charge in [-0.15, -0.1) is 11.6 Å². The van der Waals surface area contributed by atoms with Gasteiger partial charge in [0.05, 0.1) is 12.7 Å². The van der Waals surface area contributed by atoms with Gasteiger partial charge < -0.3 is 5.32 Å². The van der Waals surface area contributed by atoms with E-state index >= 15 is 0 Å². The van der Waals surface area contributed by atoms with Gasteiger partial charge in [-0.3, -0.25) is 9.48 Å². The lowest BCUT2D eigenvalue weighted by molar-refractivity contribution is -0.120. The van der Waals surface area contributed by atoms with Gasteiger partial charge in [-0.25, -0.2) is 0 Å². The highest BCUT2D eigenvalue weighted by atomic mass is 35.5. The lowest BCUT2D eigenvalue weighted by atomic mass is 10.1. The van der Waals surface area contributed by atoms with Gasteiger partial charge in [-0.2, -0.15) is 5.10 Å². The molecule has 0 bridgehead atoms. The molecule has 0 saturated heterocycles. The Kier molecular flexibility index (Phi) is 4.58. The van der Waals surface area contributed by atoms with E-state index in [9.17, 15) is 4.79 Å². The Balaban J connectivity index is 1.81. The number of carbonyl (C=O) groups is 1. The van der Waals surface area contributed by atoms with Crippen molar-refractivity contribution in [2.24, 2.45) is 0 Å². The Hall–Kier alpha value is -1.81. The van der Waals surface area contributed by atoms with Gasteiger partial charge in [-0.1, -0.05) is 30.3 Å². The summed E-state index contributed by atoms with van der Waals surface area (Å²) >= 11 is 6.11. The third-order valence-corrected chi connectivity index (χ3v) is 3.18. The molecule has 1 heterocycles. The Labute approximate surface area is 117 Å². The van der Waals surface area contributed by atoms with E-state index in [1.807, 2.05) is 43.5 Å². The maximum Gasteiger partial charge on any atom is 0.242 e. The molecule has 0 fully saturated rings. The van der Waals surface area contributed by atoms with Crippen LogP contribution in [0.5, 0.6) is 0 Å². The van der Waals surface area contributed by atoms with Gasteiger partial charge in [-0.05, 0) is 18.1 Å². The van der Waals surface area contributed by atoms with Crippen LogP contribution < -0.4 is 5.32 Å². The zero-order valence-electron chi connectivity index (χ0n) is 10.7. The third kappa shape index (κ3) is 3.83. The fourth-order valence-electron chi connectivity index (χ4n) is 1.75. The molecule has 1 aromatic heterocycles. The van der Waals surface area contributed by atoms with E-state index in [1.165, 1.54) is 0 Å². The Morgan fingerprint density at radius 2 is 2.16 bits per heavy atom. The zero-order chi connectivity index (χ0) is 13.7. The minimum absolute atomic E-state index is 0.184. The van der Waals surface area contributed by atoms with Crippen LogP contribution in [0.1, 0.15) is 16.5 Å². The lowest BCUT2D eigenvalue weighted by Gasteiger charge is -2.10. The first kappa shape index (κ1) is 13.6. The average molecular weight is 278 g/mol. The van der Waals surface area contributed by atoms with E-state index < -0.39 is 5.38 Å². The molecule has 0 aliphatic rings. The largest absolute Gasteiger partial charge is 0.353 e. The molecule has 1 aromatic carbocycles. The smallest absolute Gasteiger partial charge is 0.242 e. The maximum atomic E-state index is 11.9. The maximum absolute atomic E-state index is 11.9. The van der Waals surface area contributed by atoms with E-state index in [-0.39, 0.29) is 5.91 Å². The summed E-state index contributed by atoms with van der Waals surface area (Å²) in [5.74, 6) is -0.184. The molecule has 19 heavy (non-hydrogen) atoms. The number of amides is 1. The number of aromatic nitrogens is 2. The molecule has 1 N–H and O–H groups in total. The lowest BCUT2D eigenvalue weighted by Crippen LogP contribution is -2.30. The standard InChI is InChI=1S/C14H16ClN3O/c1-11-9-17-18(10-11)8-7-16-14(19)13(15)12-5-3-2-4-6-12/h2-6,9-10,13H,7-8H2,1H3,(H,16,19). The van der Waals surface area contributed by atoms with Crippen molar-refractivity contribution in [3.63, 3.8) is 0 Å². The van der Waals surface area contributed by atoms with Gasteiger partial charge in [0, 0.05) is 12.7 Å². The van der Waals surface area contributed by atoms with Crippen LogP contribution in [0.3, 0.4) is 0 Å². The summed E-state index contributed by atoms with van der Waals surface area (Å²) in [6, 6.07) is 9.31. The summed E-state index contributed by atoms with van der Waals surface area (Å²) in [4.78, 5) is 11.9. The molecule has 1 amide bonds. The molecule has 0 aliphatic heterocycles. The number of benzene rings is 1. The molecule has 0 spiro atoms. The highest BCUT2D eigenvalue weighted by Crippen LogP contribution is 2.19. The van der Waals surface area contributed by atoms with Crippen molar-refractivity contribution < 1.29 is 4.79 Å². The quantitative estimate of drug-likeness (QED) is 0.853. The molecule has 1 unspecified atom stereocenters. The van der Waals surface area contributed by atoms with Crippen LogP contribution in [0.2, 0.25) is 0 Å². The summed E-state index contributed by atoms with van der Waals surface area (Å²) in [6.07, 6.45) is 3.72. The zero-order valence-corrected chi connectivity index (χ0v) is 11.5. The predicted molar refractivity (Wildman–Crippen MR) is 75.0 cm³/mol. The number of rotatable bonds is 5. The first-order valence-electron chi connectivity index (χ1n) is 6.12. The number of hydrogen-bond donors (Lipinski definition) is 1. The molecule has 0 radical (unpaired) electrons. The number of hydrogen-bond acceptors (Lipinski definition) is 2. The summed E-state index contributed by atoms with van der Waals surface area (Å²) in [7, 11) is 0. The van der Waals surface area contributed by atoms with Crippen LogP contribution in [-0.4, -0.2) is 22.2 Å². The minimum Gasteiger partial charge on any atom is -0.353 e. The molecule has 0 saturated carbocycles. The van der Waals surface area contributed by atoms with E-state index in [0.717, 1.165) is 11.1 Å². The fraction of sp³-hybridized carbons (Fsp3) is 0.286. The number of aryl methyl sites for hydroxylation is 1. The van der Waals surface area contributed by atoms with Crippen molar-refractivity contribution in [2.45, 2.75) is 18.8 Å². The number of nitrogens with zero attached hydrogens (tertiary/aromatic N) is 2. The number of halogens is 1. The van der Waals surface area contributed by atoms with Crippen LogP contribution in [-0.2, 0) is 11.3 Å². The van der Waals surface area contributed by atoms with Crippen molar-refractivity contribution in [1.29, 1.82) is 0 Å². The molecule has 4 nitrogen and oxygen atoms in total. The van der Waals surface area contributed by atoms with E-state index in [2.05, 4.69) is 10.4 Å². The summed E-state index contributed by atoms with van der Waals surface area (Å²) in [6.45, 7) is 3.13. The number of alkyl halides is 1. The van der Waals surface area contributed by atoms with Crippen LogP contribution in [0.15, 0.2) is 42.7 Å². The minimum atomic E-state index is -0.652. The Morgan fingerprint density at radius 1 is 1.42 bits per heavy atom. The second kappa shape index (κ2) is 6.38. The average Bonchev–Trinajstić information content (AvgIpc) is 2.84. The summed E-state index contributed by atoms with van der Waals surface area (Å²) < 4.78 is 1.79. The highest BCUT2D eigenvalue weighted by Gasteiger charge is 2.16. The molecule has 2 aromatic rings. The number of nitrogens with one attached hydrogen (secondary N) is 1. The first-order valence-corrected chi connectivity index (χ1v) is 6.56. The van der Waals surface area contributed by atoms with Gasteiger partial charge in [0.25, 0.3) is 0 Å². The van der Waals surface area contributed by atoms with Gasteiger partial charge in [0.1, 0.15) is 5.38 Å². The van der Waals surface area contributed by atoms with Crippen LogP contribution in [0.25, 0.3) is 0 Å². The van der Waals surface area contributed by atoms with Crippen LogP contribution in [0, 0.1) is 6.92 Å². The van der Waals surface area contributed by atoms with Gasteiger partial charge >= 0.3 is 0 Å². The second-order valence-corrected chi connectivity index (χ2v) is 4.78. The highest BCUT2D eigenvalue weighted by molar-refractivity contribution is 6.30. The van der Waals surface area contributed by atoms with Crippen molar-refractivity contribution in [3.05, 3.63) is 53.9 Å². The summed E-state index contributed by atoms with van der Waals surface area (Å²) in [5, 5.41) is 6.30. The molecule has 2 rings (SSSR count). The predicted octanol–water partition coefficient (Wildman–Crippen LogP) is 2.29. The van der Waals surface area contributed by atoms with E-state index in [0.29, 0.717) is 13.1 Å². The van der Waals surface area contributed by atoms with E-state index in [1.54, 1.807) is 10.9 Å². The van der Waals surface area contributed by atoms with Crippen molar-refractivity contribution >= 4 is 17.5 Å². The normalized spacial score (nSPS) is 12.1. The topological polar surface area (TPSA) is 46.9 Å². The molecule has 0 aliphatic carbocycles. The van der Waals surface area contributed by atoms with Crippen LogP contribution in [0.4, 0.5) is 0 Å². The molecular formula is C14H16ClN3O. The molecule has 1 atom stereocenters. The molecule has 100 valence electrons. The van der Waals surface area contributed by atoms with Crippen molar-refractivity contribution in [3.8, 4) is 0 Å².